The fourth-order valence-electron chi connectivity index (χ4n) is 6.50. The van der Waals surface area contributed by atoms with Crippen LogP contribution in [0.25, 0.3) is 0 Å². The molecule has 8 nitrogen and oxygen atoms in total. The van der Waals surface area contributed by atoms with Crippen molar-refractivity contribution in [3.63, 3.8) is 0 Å². The predicted octanol–water partition coefficient (Wildman–Crippen LogP) is 6.51. The van der Waals surface area contributed by atoms with Crippen LogP contribution in [0.5, 0.6) is 0 Å². The highest BCUT2D eigenvalue weighted by Crippen LogP contribution is 2.44. The van der Waals surface area contributed by atoms with Gasteiger partial charge in [0.1, 0.15) is 6.10 Å². The topological polar surface area (TPSA) is 138 Å². The monoisotopic (exact) mass is 540 g/mol. The average Bonchev–Trinajstić information content (AvgIpc) is 2.77. The molecule has 6 atom stereocenters. The number of hydrogen-bond acceptors (Lipinski definition) is 5. The maximum absolute atomic E-state index is 11.8. The highest BCUT2D eigenvalue weighted by atomic mass is 16.5. The summed E-state index contributed by atoms with van der Waals surface area (Å²) < 4.78 is 5.59. The summed E-state index contributed by atoms with van der Waals surface area (Å²) in [6, 6.07) is 0. The van der Waals surface area contributed by atoms with Crippen LogP contribution in [-0.2, 0) is 23.9 Å². The molecule has 0 bridgehead atoms. The Morgan fingerprint density at radius 3 is 1.66 bits per heavy atom. The van der Waals surface area contributed by atoms with Crippen molar-refractivity contribution in [1.29, 1.82) is 0 Å². The molecule has 220 valence electrons. The fourth-order valence-corrected chi connectivity index (χ4v) is 6.50. The van der Waals surface area contributed by atoms with Crippen LogP contribution in [0.15, 0.2) is 0 Å². The number of rotatable bonds is 12. The number of esters is 1. The summed E-state index contributed by atoms with van der Waals surface area (Å²) >= 11 is 0. The molecule has 2 saturated carbocycles. The summed E-state index contributed by atoms with van der Waals surface area (Å²) in [6.45, 7) is 13.0. The third-order valence-corrected chi connectivity index (χ3v) is 8.57. The van der Waals surface area contributed by atoms with Crippen LogP contribution in [-0.4, -0.2) is 45.3 Å². The largest absolute Gasteiger partial charge is 0.481 e. The molecular formula is C30H52O8. The van der Waals surface area contributed by atoms with Crippen LogP contribution in [0.2, 0.25) is 0 Å². The molecule has 6 unspecified atom stereocenters. The molecule has 0 saturated heterocycles. The number of carbonyl (C=O) groups is 4. The first-order valence-electron chi connectivity index (χ1n) is 14.6. The second-order valence-electron chi connectivity index (χ2n) is 12.5. The minimum atomic E-state index is -0.882. The molecule has 2 fully saturated rings. The zero-order valence-corrected chi connectivity index (χ0v) is 24.4. The van der Waals surface area contributed by atoms with Gasteiger partial charge >= 0.3 is 23.9 Å². The van der Waals surface area contributed by atoms with E-state index in [9.17, 15) is 19.2 Å². The van der Waals surface area contributed by atoms with E-state index < -0.39 is 17.9 Å². The Bertz CT molecular complexity index is 745. The molecular weight excluding hydrogens is 488 g/mol. The maximum Gasteiger partial charge on any atom is 0.306 e. The lowest BCUT2D eigenvalue weighted by Gasteiger charge is -2.41. The van der Waals surface area contributed by atoms with Crippen molar-refractivity contribution < 1.29 is 39.2 Å². The third-order valence-electron chi connectivity index (χ3n) is 8.57. The Labute approximate surface area is 228 Å². The van der Waals surface area contributed by atoms with Crippen molar-refractivity contribution in [2.45, 2.75) is 118 Å². The van der Waals surface area contributed by atoms with Crippen molar-refractivity contribution in [2.75, 3.05) is 0 Å². The molecule has 0 aliphatic heterocycles. The van der Waals surface area contributed by atoms with Gasteiger partial charge in [-0.2, -0.15) is 0 Å². The first kappa shape index (κ1) is 33.9. The summed E-state index contributed by atoms with van der Waals surface area (Å²) in [6.07, 6.45) is 7.07. The van der Waals surface area contributed by atoms with E-state index in [4.69, 9.17) is 20.1 Å². The zero-order chi connectivity index (χ0) is 29.0. The van der Waals surface area contributed by atoms with E-state index in [0.717, 1.165) is 25.7 Å². The van der Waals surface area contributed by atoms with Gasteiger partial charge in [-0.25, -0.2) is 0 Å². The standard InChI is InChI=1S/2C15H26O4/c1-9(2)12-5-4-10(3)6-13(12)11(7-14(16)17)8-15(18)19;1-10(2)12-8-7-11(3)9-13(12)19-15(18)6-4-5-14(16)17/h9-13H,4-8H2,1-3H3,(H,16,17)(H,18,19);10-13H,4-9H2,1-3H3,(H,16,17). The van der Waals surface area contributed by atoms with E-state index >= 15 is 0 Å². The van der Waals surface area contributed by atoms with Crippen LogP contribution in [0.3, 0.4) is 0 Å². The number of hydrogen-bond donors (Lipinski definition) is 3. The Hall–Kier alpha value is -2.12. The quantitative estimate of drug-likeness (QED) is 0.238. The van der Waals surface area contributed by atoms with E-state index in [1.54, 1.807) is 0 Å². The van der Waals surface area contributed by atoms with Crippen LogP contribution in [0, 0.1) is 47.3 Å². The van der Waals surface area contributed by atoms with Crippen molar-refractivity contribution in [1.82, 2.24) is 0 Å². The molecule has 2 aliphatic carbocycles. The van der Waals surface area contributed by atoms with Gasteiger partial charge in [0.15, 0.2) is 0 Å². The maximum atomic E-state index is 11.8. The summed E-state index contributed by atoms with van der Waals surface area (Å²) in [5.41, 5.74) is 0. The molecule has 38 heavy (non-hydrogen) atoms. The van der Waals surface area contributed by atoms with Gasteiger partial charge in [-0.3, -0.25) is 19.2 Å². The molecule has 0 aromatic heterocycles. The van der Waals surface area contributed by atoms with E-state index in [0.29, 0.717) is 41.9 Å². The first-order chi connectivity index (χ1) is 17.7. The van der Waals surface area contributed by atoms with Gasteiger partial charge in [0, 0.05) is 25.7 Å². The smallest absolute Gasteiger partial charge is 0.306 e. The summed E-state index contributed by atoms with van der Waals surface area (Å²) in [4.78, 5) is 44.2. The highest BCUT2D eigenvalue weighted by Gasteiger charge is 2.37. The van der Waals surface area contributed by atoms with E-state index in [-0.39, 0.29) is 49.6 Å². The average molecular weight is 541 g/mol. The first-order valence-corrected chi connectivity index (χ1v) is 14.6. The second-order valence-corrected chi connectivity index (χ2v) is 12.5. The Balaban J connectivity index is 0.000000380. The molecule has 8 heteroatoms. The van der Waals surface area contributed by atoms with Gasteiger partial charge in [-0.15, -0.1) is 0 Å². The molecule has 2 aliphatic rings. The number of ether oxygens (including phenoxy) is 1. The molecule has 3 N–H and O–H groups in total. The number of carboxylic acids is 3. The molecule has 0 aromatic rings. The predicted molar refractivity (Wildman–Crippen MR) is 146 cm³/mol. The number of carboxylic acid groups (broad SMARTS) is 3. The van der Waals surface area contributed by atoms with Gasteiger partial charge in [0.2, 0.25) is 0 Å². The van der Waals surface area contributed by atoms with Gasteiger partial charge in [0.25, 0.3) is 0 Å². The SMILES string of the molecule is CC1CCC(C(C)C)C(C(CC(=O)O)CC(=O)O)C1.CC1CCC(C(C)C)C(OC(=O)CCCC(=O)O)C1. The van der Waals surface area contributed by atoms with Crippen molar-refractivity contribution in [2.24, 2.45) is 47.3 Å². The molecule has 0 heterocycles. The fraction of sp³-hybridized carbons (Fsp3) is 0.867. The van der Waals surface area contributed by atoms with Gasteiger partial charge < -0.3 is 20.1 Å². The zero-order valence-electron chi connectivity index (χ0n) is 24.4. The molecule has 0 radical (unpaired) electrons. The summed E-state index contributed by atoms with van der Waals surface area (Å²) in [7, 11) is 0. The number of carbonyl (C=O) groups excluding carboxylic acids is 1. The van der Waals surface area contributed by atoms with Gasteiger partial charge in [-0.05, 0) is 79.4 Å². The van der Waals surface area contributed by atoms with Gasteiger partial charge in [-0.1, -0.05) is 54.4 Å². The van der Waals surface area contributed by atoms with E-state index in [1.807, 2.05) is 0 Å². The summed E-state index contributed by atoms with van der Waals surface area (Å²) in [5.74, 6) is 0.216. The Morgan fingerprint density at radius 1 is 0.684 bits per heavy atom. The van der Waals surface area contributed by atoms with E-state index in [1.165, 1.54) is 12.8 Å². The lowest BCUT2D eigenvalue weighted by atomic mass is 9.64. The molecule has 0 amide bonds. The van der Waals surface area contributed by atoms with E-state index in [2.05, 4.69) is 41.5 Å². The van der Waals surface area contributed by atoms with Crippen LogP contribution >= 0.6 is 0 Å². The Morgan fingerprint density at radius 2 is 1.18 bits per heavy atom. The Kier molecular flexibility index (Phi) is 15.0. The molecule has 0 aromatic carbocycles. The number of aliphatic carboxylic acids is 3. The van der Waals surface area contributed by atoms with Crippen LogP contribution in [0.1, 0.15) is 112 Å². The normalized spacial score (nSPS) is 27.5. The minimum Gasteiger partial charge on any atom is -0.481 e. The lowest BCUT2D eigenvalue weighted by molar-refractivity contribution is -0.156. The van der Waals surface area contributed by atoms with Crippen molar-refractivity contribution >= 4 is 23.9 Å². The van der Waals surface area contributed by atoms with Crippen molar-refractivity contribution in [3.05, 3.63) is 0 Å². The highest BCUT2D eigenvalue weighted by molar-refractivity contribution is 5.72. The third kappa shape index (κ3) is 12.6. The van der Waals surface area contributed by atoms with Crippen molar-refractivity contribution in [3.8, 4) is 0 Å². The molecule has 2 rings (SSSR count). The lowest BCUT2D eigenvalue weighted by Crippen LogP contribution is -2.35. The van der Waals surface area contributed by atoms with Crippen LogP contribution in [0.4, 0.5) is 0 Å². The van der Waals surface area contributed by atoms with Crippen LogP contribution < -0.4 is 0 Å². The van der Waals surface area contributed by atoms with Gasteiger partial charge in [0.05, 0.1) is 0 Å². The molecule has 0 spiro atoms. The second kappa shape index (κ2) is 16.8. The minimum absolute atomic E-state index is 0.0149. The summed E-state index contributed by atoms with van der Waals surface area (Å²) in [5, 5.41) is 26.6.